The lowest BCUT2D eigenvalue weighted by molar-refractivity contribution is -0.139. The number of carbonyl (C=O) groups excluding carboxylic acids is 2. The highest BCUT2D eigenvalue weighted by Crippen LogP contribution is 2.23. The number of amides is 2. The Labute approximate surface area is 163 Å². The molecule has 7 heteroatoms. The normalized spacial score (nSPS) is 16.7. The van der Waals surface area contributed by atoms with Crippen molar-refractivity contribution in [3.05, 3.63) is 64.7 Å². The average molecular weight is 385 g/mol. The number of rotatable bonds is 5. The van der Waals surface area contributed by atoms with Gasteiger partial charge in [0.1, 0.15) is 11.9 Å². The van der Waals surface area contributed by atoms with Gasteiger partial charge in [0, 0.05) is 19.2 Å². The highest BCUT2D eigenvalue weighted by atomic mass is 19.1. The number of nitrogens with one attached hydrogen (secondary N) is 1. The molecule has 2 heterocycles. The fraction of sp³-hybridized carbons (Fsp3) is 0.381. The van der Waals surface area contributed by atoms with Gasteiger partial charge >= 0.3 is 0 Å². The number of hydrogen-bond donors (Lipinski definition) is 1. The zero-order chi connectivity index (χ0) is 20.1. The Morgan fingerprint density at radius 1 is 1.25 bits per heavy atom. The molecule has 1 unspecified atom stereocenters. The number of carbonyl (C=O) groups is 2. The number of halogens is 1. The van der Waals surface area contributed by atoms with E-state index in [9.17, 15) is 14.0 Å². The molecule has 0 saturated carbocycles. The molecule has 1 aromatic heterocycles. The molecule has 1 fully saturated rings. The van der Waals surface area contributed by atoms with E-state index >= 15 is 0 Å². The molecule has 28 heavy (non-hydrogen) atoms. The Bertz CT molecular complexity index is 854. The smallest absolute Gasteiger partial charge is 0.242 e. The Morgan fingerprint density at radius 3 is 2.71 bits per heavy atom. The standard InChI is InChI=1S/C21H24FN3O3/c1-14-9-17(10-16-3-5-18(22)6-4-16)11-19(24-14)20-13-25(7-8-28-20)21(27)12-23-15(2)26/h3-6,9,11,20H,7-8,10,12-13H2,1-2H3,(H,23,26). The van der Waals surface area contributed by atoms with Crippen LogP contribution in [0.5, 0.6) is 0 Å². The van der Waals surface area contributed by atoms with Crippen LogP contribution in [0.2, 0.25) is 0 Å². The first kappa shape index (κ1) is 19.9. The van der Waals surface area contributed by atoms with Crippen LogP contribution in [-0.2, 0) is 20.7 Å². The molecule has 1 saturated heterocycles. The lowest BCUT2D eigenvalue weighted by Gasteiger charge is -2.33. The van der Waals surface area contributed by atoms with Gasteiger partial charge in [-0.3, -0.25) is 14.6 Å². The Kier molecular flexibility index (Phi) is 6.36. The first-order valence-electron chi connectivity index (χ1n) is 9.26. The molecule has 1 aliphatic heterocycles. The van der Waals surface area contributed by atoms with Crippen molar-refractivity contribution in [2.45, 2.75) is 26.4 Å². The molecular weight excluding hydrogens is 361 g/mol. The molecule has 0 spiro atoms. The zero-order valence-corrected chi connectivity index (χ0v) is 16.1. The summed E-state index contributed by atoms with van der Waals surface area (Å²) in [5.41, 5.74) is 3.70. The molecule has 1 N–H and O–H groups in total. The molecule has 2 aromatic rings. The summed E-state index contributed by atoms with van der Waals surface area (Å²) in [6, 6.07) is 10.4. The van der Waals surface area contributed by atoms with Gasteiger partial charge in [-0.15, -0.1) is 0 Å². The van der Waals surface area contributed by atoms with Crippen LogP contribution in [0.25, 0.3) is 0 Å². The summed E-state index contributed by atoms with van der Waals surface area (Å²) in [5.74, 6) is -0.624. The Balaban J connectivity index is 1.71. The maximum atomic E-state index is 13.1. The van der Waals surface area contributed by atoms with E-state index < -0.39 is 0 Å². The van der Waals surface area contributed by atoms with Crippen LogP contribution < -0.4 is 5.32 Å². The second-order valence-corrected chi connectivity index (χ2v) is 6.95. The van der Waals surface area contributed by atoms with Crippen molar-refractivity contribution in [2.24, 2.45) is 0 Å². The molecule has 0 aliphatic carbocycles. The third-order valence-corrected chi connectivity index (χ3v) is 4.59. The molecule has 1 aliphatic rings. The fourth-order valence-corrected chi connectivity index (χ4v) is 3.24. The number of aryl methyl sites for hydroxylation is 1. The molecule has 3 rings (SSSR count). The van der Waals surface area contributed by atoms with Gasteiger partial charge in [0.05, 0.1) is 25.4 Å². The largest absolute Gasteiger partial charge is 0.368 e. The van der Waals surface area contributed by atoms with Crippen molar-refractivity contribution in [1.82, 2.24) is 15.2 Å². The van der Waals surface area contributed by atoms with Crippen molar-refractivity contribution < 1.29 is 18.7 Å². The summed E-state index contributed by atoms with van der Waals surface area (Å²) < 4.78 is 19.0. The first-order valence-corrected chi connectivity index (χ1v) is 9.26. The summed E-state index contributed by atoms with van der Waals surface area (Å²) in [6.07, 6.45) is 0.344. The molecule has 1 aromatic carbocycles. The van der Waals surface area contributed by atoms with Crippen LogP contribution in [0.4, 0.5) is 4.39 Å². The molecule has 0 bridgehead atoms. The lowest BCUT2D eigenvalue weighted by Crippen LogP contribution is -2.46. The summed E-state index contributed by atoms with van der Waals surface area (Å²) in [6.45, 7) is 4.58. The van der Waals surface area contributed by atoms with E-state index in [0.29, 0.717) is 26.1 Å². The molecule has 6 nitrogen and oxygen atoms in total. The number of aromatic nitrogens is 1. The van der Waals surface area contributed by atoms with E-state index in [-0.39, 0.29) is 30.3 Å². The summed E-state index contributed by atoms with van der Waals surface area (Å²) in [7, 11) is 0. The third-order valence-electron chi connectivity index (χ3n) is 4.59. The highest BCUT2D eigenvalue weighted by Gasteiger charge is 2.26. The topological polar surface area (TPSA) is 71.5 Å². The first-order chi connectivity index (χ1) is 13.4. The van der Waals surface area contributed by atoms with Crippen molar-refractivity contribution >= 4 is 11.8 Å². The summed E-state index contributed by atoms with van der Waals surface area (Å²) >= 11 is 0. The van der Waals surface area contributed by atoms with Crippen LogP contribution in [0.1, 0.15) is 35.5 Å². The maximum absolute atomic E-state index is 13.1. The molecule has 148 valence electrons. The number of benzene rings is 1. The fourth-order valence-electron chi connectivity index (χ4n) is 3.24. The van der Waals surface area contributed by atoms with Gasteiger partial charge in [0.2, 0.25) is 11.8 Å². The number of morpholine rings is 1. The summed E-state index contributed by atoms with van der Waals surface area (Å²) in [4.78, 5) is 29.6. The van der Waals surface area contributed by atoms with Crippen molar-refractivity contribution in [1.29, 1.82) is 0 Å². The number of ether oxygens (including phenoxy) is 1. The Hall–Kier alpha value is -2.80. The van der Waals surface area contributed by atoms with Gasteiger partial charge in [-0.1, -0.05) is 12.1 Å². The second kappa shape index (κ2) is 8.93. The van der Waals surface area contributed by atoms with Crippen LogP contribution in [-0.4, -0.2) is 47.9 Å². The second-order valence-electron chi connectivity index (χ2n) is 6.95. The van der Waals surface area contributed by atoms with Gasteiger partial charge < -0.3 is 15.0 Å². The maximum Gasteiger partial charge on any atom is 0.242 e. The quantitative estimate of drug-likeness (QED) is 0.856. The van der Waals surface area contributed by atoms with E-state index in [2.05, 4.69) is 10.3 Å². The van der Waals surface area contributed by atoms with Crippen LogP contribution in [0.3, 0.4) is 0 Å². The number of hydrogen-bond acceptors (Lipinski definition) is 4. The number of pyridine rings is 1. The minimum Gasteiger partial charge on any atom is -0.368 e. The van der Waals surface area contributed by atoms with Crippen molar-refractivity contribution in [2.75, 3.05) is 26.2 Å². The minimum atomic E-state index is -0.318. The van der Waals surface area contributed by atoms with E-state index in [4.69, 9.17) is 4.74 Å². The summed E-state index contributed by atoms with van der Waals surface area (Å²) in [5, 5.41) is 2.53. The Morgan fingerprint density at radius 2 is 2.00 bits per heavy atom. The van der Waals surface area contributed by atoms with Crippen LogP contribution in [0, 0.1) is 12.7 Å². The van der Waals surface area contributed by atoms with Crippen LogP contribution >= 0.6 is 0 Å². The lowest BCUT2D eigenvalue weighted by atomic mass is 10.0. The van der Waals surface area contributed by atoms with E-state index in [1.165, 1.54) is 19.1 Å². The van der Waals surface area contributed by atoms with Crippen LogP contribution in [0.15, 0.2) is 36.4 Å². The number of nitrogens with zero attached hydrogens (tertiary/aromatic N) is 2. The van der Waals surface area contributed by atoms with Crippen molar-refractivity contribution in [3.8, 4) is 0 Å². The minimum absolute atomic E-state index is 0.0148. The van der Waals surface area contributed by atoms with Crippen molar-refractivity contribution in [3.63, 3.8) is 0 Å². The SMILES string of the molecule is CC(=O)NCC(=O)N1CCOC(c2cc(Cc3ccc(F)cc3)cc(C)n2)C1. The molecule has 2 amide bonds. The average Bonchev–Trinajstić information content (AvgIpc) is 2.67. The van der Waals surface area contributed by atoms with Gasteiger partial charge in [0.25, 0.3) is 0 Å². The monoisotopic (exact) mass is 385 g/mol. The predicted molar refractivity (Wildman–Crippen MR) is 102 cm³/mol. The van der Waals surface area contributed by atoms with Gasteiger partial charge in [0.15, 0.2) is 0 Å². The zero-order valence-electron chi connectivity index (χ0n) is 16.1. The third kappa shape index (κ3) is 5.36. The van der Waals surface area contributed by atoms with E-state index in [0.717, 1.165) is 22.5 Å². The highest BCUT2D eigenvalue weighted by molar-refractivity contribution is 5.83. The molecular formula is C21H24FN3O3. The molecule has 0 radical (unpaired) electrons. The van der Waals surface area contributed by atoms with E-state index in [1.807, 2.05) is 19.1 Å². The van der Waals surface area contributed by atoms with Gasteiger partial charge in [-0.2, -0.15) is 0 Å². The van der Waals surface area contributed by atoms with Gasteiger partial charge in [-0.25, -0.2) is 4.39 Å². The predicted octanol–water partition coefficient (Wildman–Crippen LogP) is 2.16. The van der Waals surface area contributed by atoms with Gasteiger partial charge in [-0.05, 0) is 48.7 Å². The van der Waals surface area contributed by atoms with E-state index in [1.54, 1.807) is 17.0 Å². The molecule has 1 atom stereocenters.